The molecule has 0 aromatic heterocycles. The number of thioether (sulfide) groups is 1. The number of rotatable bonds is 4. The van der Waals surface area contributed by atoms with E-state index in [9.17, 15) is 9.59 Å². The molecule has 0 aromatic rings. The first-order chi connectivity index (χ1) is 9.99. The van der Waals surface area contributed by atoms with Gasteiger partial charge in [-0.15, -0.1) is 11.8 Å². The number of fused-ring (bicyclic) bond motifs is 1. The second kappa shape index (κ2) is 6.56. The highest BCUT2D eigenvalue weighted by Gasteiger charge is 2.42. The van der Waals surface area contributed by atoms with Crippen LogP contribution in [0.4, 0.5) is 0 Å². The molecule has 0 aliphatic carbocycles. The summed E-state index contributed by atoms with van der Waals surface area (Å²) >= 11 is 1.61. The Bertz CT molecular complexity index is 511. The molecule has 1 fully saturated rings. The van der Waals surface area contributed by atoms with Crippen LogP contribution in [0.2, 0.25) is 0 Å². The van der Waals surface area contributed by atoms with Crippen molar-refractivity contribution in [3.8, 4) is 0 Å². The third-order valence-corrected chi connectivity index (χ3v) is 4.93. The molecule has 21 heavy (non-hydrogen) atoms. The van der Waals surface area contributed by atoms with Gasteiger partial charge >= 0.3 is 5.97 Å². The predicted octanol–water partition coefficient (Wildman–Crippen LogP) is 1.73. The lowest BCUT2D eigenvalue weighted by Crippen LogP contribution is -2.24. The van der Waals surface area contributed by atoms with E-state index in [1.807, 2.05) is 6.92 Å². The minimum atomic E-state index is -0.220. The molecule has 0 spiro atoms. The number of hydrogen-bond donors (Lipinski definition) is 1. The normalized spacial score (nSPS) is 23.0. The van der Waals surface area contributed by atoms with E-state index >= 15 is 0 Å². The van der Waals surface area contributed by atoms with Crippen molar-refractivity contribution in [3.63, 3.8) is 0 Å². The Morgan fingerprint density at radius 1 is 1.52 bits per heavy atom. The lowest BCUT2D eigenvalue weighted by molar-refractivity contribution is -0.139. The molecule has 2 aliphatic heterocycles. The molecule has 6 heteroatoms. The summed E-state index contributed by atoms with van der Waals surface area (Å²) in [6.45, 7) is 7.17. The summed E-state index contributed by atoms with van der Waals surface area (Å²) < 4.78 is 5.22. The van der Waals surface area contributed by atoms with E-state index in [-0.39, 0.29) is 17.8 Å². The van der Waals surface area contributed by atoms with Gasteiger partial charge in [0.05, 0.1) is 17.2 Å². The molecule has 0 bridgehead atoms. The molecule has 5 nitrogen and oxygen atoms in total. The summed E-state index contributed by atoms with van der Waals surface area (Å²) in [4.78, 5) is 25.9. The highest BCUT2D eigenvalue weighted by molar-refractivity contribution is 8.03. The third-order valence-electron chi connectivity index (χ3n) is 3.77. The molecule has 1 amide bonds. The molecule has 0 aromatic carbocycles. The molecule has 2 aliphatic rings. The van der Waals surface area contributed by atoms with E-state index in [1.54, 1.807) is 24.9 Å². The molecular formula is C15H22N2O3S. The SMILES string of the molecule is CCOC(=O)C1=C2SCC(=CC(=O)NC)N2CC1C(C)C. The highest BCUT2D eigenvalue weighted by atomic mass is 32.2. The van der Waals surface area contributed by atoms with E-state index < -0.39 is 0 Å². The van der Waals surface area contributed by atoms with Gasteiger partial charge in [0.25, 0.3) is 0 Å². The van der Waals surface area contributed by atoms with E-state index in [0.717, 1.165) is 28.6 Å². The van der Waals surface area contributed by atoms with Gasteiger partial charge in [0, 0.05) is 37.0 Å². The first kappa shape index (κ1) is 15.9. The maximum absolute atomic E-state index is 12.3. The van der Waals surface area contributed by atoms with Crippen molar-refractivity contribution in [2.45, 2.75) is 20.8 Å². The molecule has 116 valence electrons. The summed E-state index contributed by atoms with van der Waals surface area (Å²) in [7, 11) is 1.61. The van der Waals surface area contributed by atoms with E-state index in [0.29, 0.717) is 12.5 Å². The van der Waals surface area contributed by atoms with Gasteiger partial charge in [-0.2, -0.15) is 0 Å². The molecule has 1 unspecified atom stereocenters. The monoisotopic (exact) mass is 310 g/mol. The number of ether oxygens (including phenoxy) is 1. The van der Waals surface area contributed by atoms with Crippen LogP contribution < -0.4 is 5.32 Å². The van der Waals surface area contributed by atoms with Crippen molar-refractivity contribution < 1.29 is 14.3 Å². The second-order valence-electron chi connectivity index (χ2n) is 5.44. The lowest BCUT2D eigenvalue weighted by Gasteiger charge is -2.20. The fourth-order valence-corrected chi connectivity index (χ4v) is 3.89. The Morgan fingerprint density at radius 3 is 2.81 bits per heavy atom. The third kappa shape index (κ3) is 3.10. The average molecular weight is 310 g/mol. The van der Waals surface area contributed by atoms with Crippen LogP contribution in [0, 0.1) is 11.8 Å². The first-order valence-corrected chi connectivity index (χ1v) is 8.22. The van der Waals surface area contributed by atoms with Crippen LogP contribution in [0.25, 0.3) is 0 Å². The minimum Gasteiger partial charge on any atom is -0.463 e. The van der Waals surface area contributed by atoms with Crippen LogP contribution in [0.5, 0.6) is 0 Å². The molecular weight excluding hydrogens is 288 g/mol. The second-order valence-corrected chi connectivity index (χ2v) is 6.40. The zero-order valence-corrected chi connectivity index (χ0v) is 13.8. The van der Waals surface area contributed by atoms with Gasteiger partial charge in [-0.25, -0.2) is 4.79 Å². The zero-order chi connectivity index (χ0) is 15.6. The van der Waals surface area contributed by atoms with E-state index in [4.69, 9.17) is 4.74 Å². The van der Waals surface area contributed by atoms with Crippen LogP contribution in [-0.2, 0) is 14.3 Å². The van der Waals surface area contributed by atoms with E-state index in [1.165, 1.54) is 0 Å². The number of nitrogens with one attached hydrogen (secondary N) is 1. The summed E-state index contributed by atoms with van der Waals surface area (Å²) in [6, 6.07) is 0. The Kier molecular flexibility index (Phi) is 4.98. The molecule has 2 heterocycles. The number of nitrogens with zero attached hydrogens (tertiary/aromatic N) is 1. The first-order valence-electron chi connectivity index (χ1n) is 7.23. The number of esters is 1. The van der Waals surface area contributed by atoms with E-state index in [2.05, 4.69) is 24.1 Å². The fraction of sp³-hybridized carbons (Fsp3) is 0.600. The van der Waals surface area contributed by atoms with Gasteiger partial charge in [0.2, 0.25) is 5.91 Å². The summed E-state index contributed by atoms with van der Waals surface area (Å²) in [6.07, 6.45) is 1.62. The molecule has 1 atom stereocenters. The quantitative estimate of drug-likeness (QED) is 0.633. The molecule has 1 N–H and O–H groups in total. The molecule has 1 saturated heterocycles. The van der Waals surface area contributed by atoms with Gasteiger partial charge in [0.15, 0.2) is 0 Å². The van der Waals surface area contributed by atoms with Crippen molar-refractivity contribution in [1.82, 2.24) is 10.2 Å². The Hall–Kier alpha value is -1.43. The van der Waals surface area contributed by atoms with Gasteiger partial charge in [-0.1, -0.05) is 13.8 Å². The highest BCUT2D eigenvalue weighted by Crippen LogP contribution is 2.46. The van der Waals surface area contributed by atoms with Crippen LogP contribution in [0.3, 0.4) is 0 Å². The minimum absolute atomic E-state index is 0.113. The standard InChI is InChI=1S/C15H22N2O3S/c1-5-20-15(19)13-11(9(2)3)7-17-10(6-12(18)16-4)8-21-14(13)17/h6,9,11H,5,7-8H2,1-4H3,(H,16,18). The smallest absolute Gasteiger partial charge is 0.337 e. The van der Waals surface area contributed by atoms with Crippen molar-refractivity contribution in [1.29, 1.82) is 0 Å². The van der Waals surface area contributed by atoms with Crippen molar-refractivity contribution >= 4 is 23.6 Å². The van der Waals surface area contributed by atoms with Gasteiger partial charge < -0.3 is 15.0 Å². The number of carbonyl (C=O) groups excluding carboxylic acids is 2. The fourth-order valence-electron chi connectivity index (χ4n) is 2.63. The van der Waals surface area contributed by atoms with Crippen molar-refractivity contribution in [2.24, 2.45) is 11.8 Å². The topological polar surface area (TPSA) is 58.6 Å². The summed E-state index contributed by atoms with van der Waals surface area (Å²) in [5.41, 5.74) is 1.73. The van der Waals surface area contributed by atoms with Crippen LogP contribution >= 0.6 is 11.8 Å². The number of carbonyl (C=O) groups is 2. The van der Waals surface area contributed by atoms with Crippen LogP contribution in [-0.4, -0.2) is 42.7 Å². The maximum Gasteiger partial charge on any atom is 0.337 e. The molecule has 2 rings (SSSR count). The van der Waals surface area contributed by atoms with Gasteiger partial charge in [0.1, 0.15) is 0 Å². The molecule has 0 saturated carbocycles. The Balaban J connectivity index is 2.33. The van der Waals surface area contributed by atoms with Crippen molar-refractivity contribution in [3.05, 3.63) is 22.4 Å². The number of amides is 1. The van der Waals surface area contributed by atoms with Gasteiger partial charge in [-0.3, -0.25) is 4.79 Å². The Labute approximate surface area is 129 Å². The van der Waals surface area contributed by atoms with Crippen molar-refractivity contribution in [2.75, 3.05) is 26.0 Å². The lowest BCUT2D eigenvalue weighted by atomic mass is 9.90. The predicted molar refractivity (Wildman–Crippen MR) is 83.3 cm³/mol. The largest absolute Gasteiger partial charge is 0.463 e. The zero-order valence-electron chi connectivity index (χ0n) is 12.9. The number of likely N-dealkylation sites (N-methyl/N-ethyl adjacent to an activating group) is 1. The average Bonchev–Trinajstić information content (AvgIpc) is 2.98. The summed E-state index contributed by atoms with van der Waals surface area (Å²) in [5.74, 6) is 0.889. The van der Waals surface area contributed by atoms with Crippen LogP contribution in [0.15, 0.2) is 22.4 Å². The number of hydrogen-bond acceptors (Lipinski definition) is 5. The maximum atomic E-state index is 12.3. The van der Waals surface area contributed by atoms with Gasteiger partial charge in [-0.05, 0) is 12.8 Å². The molecule has 0 radical (unpaired) electrons. The van der Waals surface area contributed by atoms with Crippen LogP contribution in [0.1, 0.15) is 20.8 Å². The summed E-state index contributed by atoms with van der Waals surface area (Å²) in [5, 5.41) is 3.56. The Morgan fingerprint density at radius 2 is 2.24 bits per heavy atom.